The number of halogens is 1. The third-order valence-electron chi connectivity index (χ3n) is 5.07. The standard InChI is InChI=1S/C20H23BrN2O3S/c1-14-5-3-7-19(15(14)2)22-20(24)16-6-4-12-23(13-16)27(25,26)18-10-8-17(21)9-11-18/h3,5,7-11,16H,4,6,12-13H2,1-2H3,(H,22,24). The van der Waals surface area contributed by atoms with Crippen molar-refractivity contribution in [2.45, 2.75) is 31.6 Å². The molecule has 0 aliphatic carbocycles. The second-order valence-electron chi connectivity index (χ2n) is 6.89. The lowest BCUT2D eigenvalue weighted by molar-refractivity contribution is -0.120. The van der Waals surface area contributed by atoms with Crippen molar-refractivity contribution in [2.75, 3.05) is 18.4 Å². The molecular weight excluding hydrogens is 428 g/mol. The zero-order valence-corrected chi connectivity index (χ0v) is 17.8. The molecule has 5 nitrogen and oxygen atoms in total. The Morgan fingerprint density at radius 2 is 1.85 bits per heavy atom. The molecule has 0 radical (unpaired) electrons. The Balaban J connectivity index is 1.74. The van der Waals surface area contributed by atoms with Gasteiger partial charge in [0, 0.05) is 23.2 Å². The van der Waals surface area contributed by atoms with Gasteiger partial charge in [0.1, 0.15) is 0 Å². The lowest BCUT2D eigenvalue weighted by atomic mass is 9.98. The number of carbonyl (C=O) groups excluding carboxylic acids is 1. The van der Waals surface area contributed by atoms with Crippen molar-refractivity contribution < 1.29 is 13.2 Å². The number of piperidine rings is 1. The number of benzene rings is 2. The Bertz CT molecular complexity index is 942. The number of nitrogens with one attached hydrogen (secondary N) is 1. The summed E-state index contributed by atoms with van der Waals surface area (Å²) in [6, 6.07) is 12.4. The van der Waals surface area contributed by atoms with Crippen molar-refractivity contribution >= 4 is 37.5 Å². The minimum atomic E-state index is -3.60. The van der Waals surface area contributed by atoms with Crippen LogP contribution in [0, 0.1) is 19.8 Å². The molecular formula is C20H23BrN2O3S. The summed E-state index contributed by atoms with van der Waals surface area (Å²) in [5, 5.41) is 2.97. The SMILES string of the molecule is Cc1cccc(NC(=O)C2CCCN(S(=O)(=O)c3ccc(Br)cc3)C2)c1C. The summed E-state index contributed by atoms with van der Waals surface area (Å²) in [6.07, 6.45) is 1.35. The third-order valence-corrected chi connectivity index (χ3v) is 7.48. The van der Waals surface area contributed by atoms with Gasteiger partial charge in [0.15, 0.2) is 0 Å². The number of carbonyl (C=O) groups is 1. The van der Waals surface area contributed by atoms with Gasteiger partial charge in [0.25, 0.3) is 0 Å². The number of nitrogens with zero attached hydrogens (tertiary/aromatic N) is 1. The van der Waals surface area contributed by atoms with E-state index in [0.717, 1.165) is 21.3 Å². The van der Waals surface area contributed by atoms with Crippen LogP contribution in [0.15, 0.2) is 51.8 Å². The molecule has 1 saturated heterocycles. The first-order chi connectivity index (χ1) is 12.8. The first kappa shape index (κ1) is 20.0. The van der Waals surface area contributed by atoms with Crippen LogP contribution < -0.4 is 5.32 Å². The summed E-state index contributed by atoms with van der Waals surface area (Å²) in [4.78, 5) is 13.0. The Morgan fingerprint density at radius 1 is 1.15 bits per heavy atom. The summed E-state index contributed by atoms with van der Waals surface area (Å²) in [5.74, 6) is -0.483. The Labute approximate surface area is 169 Å². The fourth-order valence-electron chi connectivity index (χ4n) is 3.25. The number of aryl methyl sites for hydroxylation is 1. The van der Waals surface area contributed by atoms with Crippen molar-refractivity contribution in [1.82, 2.24) is 4.31 Å². The van der Waals surface area contributed by atoms with E-state index in [0.29, 0.717) is 19.4 Å². The van der Waals surface area contributed by atoms with Gasteiger partial charge in [-0.1, -0.05) is 28.1 Å². The highest BCUT2D eigenvalue weighted by Crippen LogP contribution is 2.26. The average Bonchev–Trinajstić information content (AvgIpc) is 2.66. The van der Waals surface area contributed by atoms with Crippen molar-refractivity contribution in [3.8, 4) is 0 Å². The van der Waals surface area contributed by atoms with Crippen molar-refractivity contribution in [3.05, 3.63) is 58.1 Å². The predicted octanol–water partition coefficient (Wildman–Crippen LogP) is 4.11. The lowest BCUT2D eigenvalue weighted by Gasteiger charge is -2.31. The molecule has 1 heterocycles. The van der Waals surface area contributed by atoms with E-state index in [4.69, 9.17) is 0 Å². The normalized spacial score (nSPS) is 18.3. The van der Waals surface area contributed by atoms with Crippen molar-refractivity contribution in [3.63, 3.8) is 0 Å². The topological polar surface area (TPSA) is 66.5 Å². The van der Waals surface area contributed by atoms with E-state index in [1.165, 1.54) is 4.31 Å². The highest BCUT2D eigenvalue weighted by Gasteiger charge is 2.33. The molecule has 1 fully saturated rings. The maximum atomic E-state index is 12.9. The molecule has 0 spiro atoms. The molecule has 2 aromatic carbocycles. The number of hydrogen-bond acceptors (Lipinski definition) is 3. The van der Waals surface area contributed by atoms with Gasteiger partial charge < -0.3 is 5.32 Å². The van der Waals surface area contributed by atoms with Gasteiger partial charge in [-0.25, -0.2) is 8.42 Å². The molecule has 1 aliphatic heterocycles. The van der Waals surface area contributed by atoms with E-state index in [9.17, 15) is 13.2 Å². The van der Waals surface area contributed by atoms with Crippen LogP contribution in [0.1, 0.15) is 24.0 Å². The highest BCUT2D eigenvalue weighted by atomic mass is 79.9. The quantitative estimate of drug-likeness (QED) is 0.761. The minimum absolute atomic E-state index is 0.126. The van der Waals surface area contributed by atoms with Crippen molar-refractivity contribution in [2.24, 2.45) is 5.92 Å². The van der Waals surface area contributed by atoms with E-state index < -0.39 is 10.0 Å². The van der Waals surface area contributed by atoms with Crippen LogP contribution in [-0.4, -0.2) is 31.7 Å². The molecule has 1 unspecified atom stereocenters. The Morgan fingerprint density at radius 3 is 2.56 bits per heavy atom. The minimum Gasteiger partial charge on any atom is -0.326 e. The summed E-state index contributed by atoms with van der Waals surface area (Å²) in [5.41, 5.74) is 2.92. The molecule has 1 aliphatic rings. The van der Waals surface area contributed by atoms with Crippen LogP contribution in [0.2, 0.25) is 0 Å². The van der Waals surface area contributed by atoms with Crippen LogP contribution in [-0.2, 0) is 14.8 Å². The van der Waals surface area contributed by atoms with Gasteiger partial charge in [0.05, 0.1) is 10.8 Å². The molecule has 144 valence electrons. The Hall–Kier alpha value is -1.70. The molecule has 2 aromatic rings. The maximum Gasteiger partial charge on any atom is 0.243 e. The van der Waals surface area contributed by atoms with Crippen LogP contribution >= 0.6 is 15.9 Å². The Kier molecular flexibility index (Phi) is 6.03. The first-order valence-electron chi connectivity index (χ1n) is 8.92. The number of sulfonamides is 1. The fraction of sp³-hybridized carbons (Fsp3) is 0.350. The van der Waals surface area contributed by atoms with Gasteiger partial charge in [-0.05, 0) is 68.1 Å². The smallest absolute Gasteiger partial charge is 0.243 e. The first-order valence-corrected chi connectivity index (χ1v) is 11.1. The van der Waals surface area contributed by atoms with Gasteiger partial charge >= 0.3 is 0 Å². The second-order valence-corrected chi connectivity index (χ2v) is 9.75. The van der Waals surface area contributed by atoms with E-state index in [1.807, 2.05) is 32.0 Å². The largest absolute Gasteiger partial charge is 0.326 e. The predicted molar refractivity (Wildman–Crippen MR) is 110 cm³/mol. The molecule has 1 amide bonds. The molecule has 0 aromatic heterocycles. The summed E-state index contributed by atoms with van der Waals surface area (Å²) < 4.78 is 28.1. The van der Waals surface area contributed by atoms with Crippen LogP contribution in [0.5, 0.6) is 0 Å². The number of amides is 1. The van der Waals surface area contributed by atoms with Gasteiger partial charge in [-0.3, -0.25) is 4.79 Å². The van der Waals surface area contributed by atoms with Crippen LogP contribution in [0.25, 0.3) is 0 Å². The second kappa shape index (κ2) is 8.12. The van der Waals surface area contributed by atoms with E-state index in [2.05, 4.69) is 21.2 Å². The molecule has 27 heavy (non-hydrogen) atoms. The van der Waals surface area contributed by atoms with Crippen molar-refractivity contribution in [1.29, 1.82) is 0 Å². The molecule has 1 N–H and O–H groups in total. The number of rotatable bonds is 4. The highest BCUT2D eigenvalue weighted by molar-refractivity contribution is 9.10. The number of anilines is 1. The zero-order valence-electron chi connectivity index (χ0n) is 15.4. The fourth-order valence-corrected chi connectivity index (χ4v) is 5.04. The van der Waals surface area contributed by atoms with E-state index in [1.54, 1.807) is 24.3 Å². The summed E-state index contributed by atoms with van der Waals surface area (Å²) >= 11 is 3.32. The van der Waals surface area contributed by atoms with E-state index >= 15 is 0 Å². The van der Waals surface area contributed by atoms with E-state index in [-0.39, 0.29) is 23.3 Å². The summed E-state index contributed by atoms with van der Waals surface area (Å²) in [7, 11) is -3.60. The third kappa shape index (κ3) is 4.42. The average molecular weight is 451 g/mol. The molecule has 0 saturated carbocycles. The van der Waals surface area contributed by atoms with Gasteiger partial charge in [-0.15, -0.1) is 0 Å². The molecule has 1 atom stereocenters. The monoisotopic (exact) mass is 450 g/mol. The maximum absolute atomic E-state index is 12.9. The zero-order chi connectivity index (χ0) is 19.6. The molecule has 3 rings (SSSR count). The summed E-state index contributed by atoms with van der Waals surface area (Å²) in [6.45, 7) is 4.61. The van der Waals surface area contributed by atoms with Crippen LogP contribution in [0.3, 0.4) is 0 Å². The van der Waals surface area contributed by atoms with Gasteiger partial charge in [-0.2, -0.15) is 4.31 Å². The molecule has 7 heteroatoms. The number of hydrogen-bond donors (Lipinski definition) is 1. The van der Waals surface area contributed by atoms with Gasteiger partial charge in [0.2, 0.25) is 15.9 Å². The molecule has 0 bridgehead atoms. The lowest BCUT2D eigenvalue weighted by Crippen LogP contribution is -2.43. The van der Waals surface area contributed by atoms with Crippen LogP contribution in [0.4, 0.5) is 5.69 Å².